The van der Waals surface area contributed by atoms with Crippen LogP contribution >= 0.6 is 0 Å². The quantitative estimate of drug-likeness (QED) is 0.743. The van der Waals surface area contributed by atoms with Crippen LogP contribution in [0.3, 0.4) is 0 Å². The van der Waals surface area contributed by atoms with Crippen molar-refractivity contribution in [3.63, 3.8) is 0 Å². The maximum absolute atomic E-state index is 12.9. The van der Waals surface area contributed by atoms with E-state index in [0.29, 0.717) is 18.9 Å². The number of aromatic nitrogens is 3. The predicted molar refractivity (Wildman–Crippen MR) is 93.3 cm³/mol. The molecule has 2 aromatic heterocycles. The lowest BCUT2D eigenvalue weighted by Crippen LogP contribution is -2.40. The van der Waals surface area contributed by atoms with E-state index in [1.807, 2.05) is 0 Å². The van der Waals surface area contributed by atoms with Gasteiger partial charge in [-0.1, -0.05) is 6.07 Å². The van der Waals surface area contributed by atoms with E-state index in [9.17, 15) is 27.9 Å². The number of imidazole rings is 1. The molecule has 0 aliphatic carbocycles. The molecule has 0 fully saturated rings. The first-order valence-electron chi connectivity index (χ1n) is 8.09. The Balaban J connectivity index is 2.20. The standard InChI is InChI=1S/C17H20F3N5O3/c1-16(28,17(18,19)20)12-6-5-11(7-21-12)8-23(2)15(27)13-14(25(4)10-26)22-9-24(13)3/h5-7,9-10,28H,8H2,1-4H3. The molecule has 1 unspecified atom stereocenters. The van der Waals surface area contributed by atoms with E-state index in [0.717, 1.165) is 11.0 Å². The molecule has 1 N–H and O–H groups in total. The number of nitrogens with zero attached hydrogens (tertiary/aromatic N) is 5. The van der Waals surface area contributed by atoms with Gasteiger partial charge in [0, 0.05) is 33.9 Å². The lowest BCUT2D eigenvalue weighted by atomic mass is 10.0. The van der Waals surface area contributed by atoms with Crippen molar-refractivity contribution in [1.82, 2.24) is 19.4 Å². The molecule has 0 aromatic carbocycles. The SMILES string of the molecule is CN(Cc1ccc(C(C)(O)C(F)(F)F)nc1)C(=O)c1c(N(C)C=O)ncn1C. The predicted octanol–water partition coefficient (Wildman–Crippen LogP) is 1.45. The van der Waals surface area contributed by atoms with Crippen molar-refractivity contribution < 1.29 is 27.9 Å². The van der Waals surface area contributed by atoms with Gasteiger partial charge in [0.05, 0.1) is 12.0 Å². The zero-order valence-electron chi connectivity index (χ0n) is 15.7. The number of hydrogen-bond donors (Lipinski definition) is 1. The number of pyridine rings is 1. The van der Waals surface area contributed by atoms with E-state index in [2.05, 4.69) is 9.97 Å². The summed E-state index contributed by atoms with van der Waals surface area (Å²) < 4.78 is 40.1. The summed E-state index contributed by atoms with van der Waals surface area (Å²) in [6, 6.07) is 2.42. The maximum Gasteiger partial charge on any atom is 0.422 e. The first-order valence-corrected chi connectivity index (χ1v) is 8.09. The topological polar surface area (TPSA) is 91.6 Å². The summed E-state index contributed by atoms with van der Waals surface area (Å²) in [4.78, 5) is 33.9. The summed E-state index contributed by atoms with van der Waals surface area (Å²) in [5, 5.41) is 9.65. The number of aryl methyl sites for hydroxylation is 1. The van der Waals surface area contributed by atoms with Crippen LogP contribution in [0, 0.1) is 0 Å². The van der Waals surface area contributed by atoms with Crippen LogP contribution < -0.4 is 4.90 Å². The maximum atomic E-state index is 12.9. The zero-order chi connectivity index (χ0) is 21.3. The summed E-state index contributed by atoms with van der Waals surface area (Å²) in [6.45, 7) is 0.674. The number of carbonyl (C=O) groups excluding carboxylic acids is 2. The molecule has 0 aliphatic rings. The minimum atomic E-state index is -4.87. The van der Waals surface area contributed by atoms with Crippen LogP contribution in [0.4, 0.5) is 19.0 Å². The molecule has 0 spiro atoms. The summed E-state index contributed by atoms with van der Waals surface area (Å²) in [5.41, 5.74) is -2.97. The summed E-state index contributed by atoms with van der Waals surface area (Å²) in [5.74, 6) is -0.251. The van der Waals surface area contributed by atoms with Crippen molar-refractivity contribution in [2.24, 2.45) is 7.05 Å². The van der Waals surface area contributed by atoms with E-state index in [-0.39, 0.29) is 18.1 Å². The molecule has 0 saturated heterocycles. The van der Waals surface area contributed by atoms with Gasteiger partial charge in [0.15, 0.2) is 17.1 Å². The second kappa shape index (κ2) is 7.58. The van der Waals surface area contributed by atoms with Gasteiger partial charge in [-0.05, 0) is 18.6 Å². The van der Waals surface area contributed by atoms with Crippen molar-refractivity contribution in [2.75, 3.05) is 19.0 Å². The van der Waals surface area contributed by atoms with Crippen molar-refractivity contribution >= 4 is 18.1 Å². The molecule has 152 valence electrons. The molecule has 0 saturated carbocycles. The van der Waals surface area contributed by atoms with Crippen molar-refractivity contribution in [2.45, 2.75) is 25.2 Å². The van der Waals surface area contributed by atoms with Crippen LogP contribution in [0.15, 0.2) is 24.7 Å². The molecular formula is C17H20F3N5O3. The molecule has 0 bridgehead atoms. The highest BCUT2D eigenvalue weighted by atomic mass is 19.4. The van der Waals surface area contributed by atoms with Gasteiger partial charge in [-0.25, -0.2) is 4.98 Å². The van der Waals surface area contributed by atoms with Crippen LogP contribution in [-0.2, 0) is 24.0 Å². The summed E-state index contributed by atoms with van der Waals surface area (Å²) in [6.07, 6.45) is -1.78. The lowest BCUT2D eigenvalue weighted by molar-refractivity contribution is -0.260. The summed E-state index contributed by atoms with van der Waals surface area (Å²) in [7, 11) is 4.56. The van der Waals surface area contributed by atoms with Crippen molar-refractivity contribution in [1.29, 1.82) is 0 Å². The Bertz CT molecular complexity index is 862. The highest BCUT2D eigenvalue weighted by Crippen LogP contribution is 2.37. The second-order valence-electron chi connectivity index (χ2n) is 6.53. The van der Waals surface area contributed by atoms with Crippen molar-refractivity contribution in [3.05, 3.63) is 41.6 Å². The number of anilines is 1. The van der Waals surface area contributed by atoms with Crippen LogP contribution in [-0.4, -0.2) is 57.1 Å². The normalized spacial score (nSPS) is 13.7. The van der Waals surface area contributed by atoms with Gasteiger partial charge in [-0.3, -0.25) is 14.6 Å². The highest BCUT2D eigenvalue weighted by Gasteiger charge is 2.52. The number of aliphatic hydroxyl groups is 1. The largest absolute Gasteiger partial charge is 0.422 e. The van der Waals surface area contributed by atoms with Gasteiger partial charge in [0.2, 0.25) is 6.41 Å². The Morgan fingerprint density at radius 2 is 1.93 bits per heavy atom. The summed E-state index contributed by atoms with van der Waals surface area (Å²) >= 11 is 0. The van der Waals surface area contributed by atoms with E-state index < -0.39 is 23.4 Å². The monoisotopic (exact) mass is 399 g/mol. The number of alkyl halides is 3. The third-order valence-corrected chi connectivity index (χ3v) is 4.25. The molecule has 2 heterocycles. The average Bonchev–Trinajstić information content (AvgIpc) is 3.01. The van der Waals surface area contributed by atoms with Gasteiger partial charge in [-0.15, -0.1) is 0 Å². The Kier molecular flexibility index (Phi) is 5.78. The third-order valence-electron chi connectivity index (χ3n) is 4.25. The Morgan fingerprint density at radius 1 is 1.29 bits per heavy atom. The average molecular weight is 399 g/mol. The molecule has 1 atom stereocenters. The van der Waals surface area contributed by atoms with Crippen LogP contribution in [0.1, 0.15) is 28.7 Å². The highest BCUT2D eigenvalue weighted by molar-refractivity contribution is 5.99. The smallest absolute Gasteiger partial charge is 0.375 e. The van der Waals surface area contributed by atoms with Gasteiger partial charge < -0.3 is 19.5 Å². The Labute approximate surface area is 159 Å². The third kappa shape index (κ3) is 3.98. The van der Waals surface area contributed by atoms with Gasteiger partial charge in [0.25, 0.3) is 5.91 Å². The van der Waals surface area contributed by atoms with E-state index in [4.69, 9.17) is 0 Å². The molecule has 0 aliphatic heterocycles. The number of hydrogen-bond acceptors (Lipinski definition) is 5. The van der Waals surface area contributed by atoms with Gasteiger partial charge >= 0.3 is 6.18 Å². The number of rotatable bonds is 6. The number of amides is 2. The van der Waals surface area contributed by atoms with E-state index in [1.165, 1.54) is 42.2 Å². The van der Waals surface area contributed by atoms with E-state index in [1.54, 1.807) is 7.05 Å². The van der Waals surface area contributed by atoms with Gasteiger partial charge in [0.1, 0.15) is 0 Å². The Morgan fingerprint density at radius 3 is 2.43 bits per heavy atom. The molecule has 11 heteroatoms. The fourth-order valence-corrected chi connectivity index (χ4v) is 2.45. The molecular weight excluding hydrogens is 379 g/mol. The molecule has 28 heavy (non-hydrogen) atoms. The molecule has 2 rings (SSSR count). The zero-order valence-corrected chi connectivity index (χ0v) is 15.7. The van der Waals surface area contributed by atoms with Crippen LogP contribution in [0.5, 0.6) is 0 Å². The Hall–Kier alpha value is -2.95. The van der Waals surface area contributed by atoms with Crippen molar-refractivity contribution in [3.8, 4) is 0 Å². The minimum absolute atomic E-state index is 0.0513. The lowest BCUT2D eigenvalue weighted by Gasteiger charge is -2.26. The molecule has 2 aromatic rings. The molecule has 8 nitrogen and oxygen atoms in total. The fourth-order valence-electron chi connectivity index (χ4n) is 2.45. The number of halogens is 3. The molecule has 0 radical (unpaired) electrons. The number of carbonyl (C=O) groups is 2. The first-order chi connectivity index (χ1) is 12.9. The van der Waals surface area contributed by atoms with E-state index >= 15 is 0 Å². The van der Waals surface area contributed by atoms with Crippen LogP contribution in [0.2, 0.25) is 0 Å². The second-order valence-corrected chi connectivity index (χ2v) is 6.53. The van der Waals surface area contributed by atoms with Crippen LogP contribution in [0.25, 0.3) is 0 Å². The molecule has 2 amide bonds. The fraction of sp³-hybridized carbons (Fsp3) is 0.412. The van der Waals surface area contributed by atoms with Gasteiger partial charge in [-0.2, -0.15) is 13.2 Å². The minimum Gasteiger partial charge on any atom is -0.375 e. The first kappa shape index (κ1) is 21.4.